The topological polar surface area (TPSA) is 45.7 Å². The van der Waals surface area contributed by atoms with E-state index in [0.29, 0.717) is 23.7 Å². The average Bonchev–Trinajstić information content (AvgIpc) is 3.12. The third-order valence-electron chi connectivity index (χ3n) is 4.08. The number of thioether (sulfide) groups is 1. The van der Waals surface area contributed by atoms with Gasteiger partial charge in [-0.05, 0) is 50.5 Å². The number of anilines is 1. The van der Waals surface area contributed by atoms with Crippen molar-refractivity contribution in [2.24, 2.45) is 0 Å². The maximum absolute atomic E-state index is 14.0. The van der Waals surface area contributed by atoms with E-state index >= 15 is 0 Å². The van der Waals surface area contributed by atoms with Crippen LogP contribution in [0.3, 0.4) is 0 Å². The van der Waals surface area contributed by atoms with Crippen LogP contribution in [0.2, 0.25) is 0 Å². The summed E-state index contributed by atoms with van der Waals surface area (Å²) in [5.74, 6) is 0.632. The quantitative estimate of drug-likeness (QED) is 0.466. The highest BCUT2D eigenvalue weighted by Crippen LogP contribution is 2.31. The Balaban J connectivity index is 0.00000300. The fraction of sp³-hybridized carbons (Fsp3) is 0.300. The number of hydrogen-bond donors (Lipinski definition) is 0. The summed E-state index contributed by atoms with van der Waals surface area (Å²) in [6.07, 6.45) is 0. The summed E-state index contributed by atoms with van der Waals surface area (Å²) >= 11 is 2.79. The molecule has 2 aromatic carbocycles. The van der Waals surface area contributed by atoms with E-state index in [1.165, 1.54) is 29.2 Å². The first-order valence-electron chi connectivity index (χ1n) is 8.75. The summed E-state index contributed by atoms with van der Waals surface area (Å²) in [6, 6.07) is 12.4. The molecule has 0 atom stereocenters. The molecule has 9 heteroatoms. The first kappa shape index (κ1) is 23.4. The molecular weight excluding hydrogens is 433 g/mol. The van der Waals surface area contributed by atoms with Crippen LogP contribution in [0.4, 0.5) is 9.52 Å². The Morgan fingerprint density at radius 3 is 2.52 bits per heavy atom. The van der Waals surface area contributed by atoms with Crippen LogP contribution in [0.5, 0.6) is 5.75 Å². The minimum Gasteiger partial charge on any atom is -0.497 e. The van der Waals surface area contributed by atoms with Crippen LogP contribution < -0.4 is 9.64 Å². The van der Waals surface area contributed by atoms with Crippen molar-refractivity contribution in [1.29, 1.82) is 0 Å². The number of thiazole rings is 1. The number of amides is 1. The molecule has 1 aromatic heterocycles. The fourth-order valence-electron chi connectivity index (χ4n) is 2.54. The van der Waals surface area contributed by atoms with E-state index in [4.69, 9.17) is 4.74 Å². The molecule has 0 unspecified atom stereocenters. The molecule has 1 heterocycles. The lowest BCUT2D eigenvalue weighted by Gasteiger charge is -2.21. The highest BCUT2D eigenvalue weighted by molar-refractivity contribution is 8.00. The highest BCUT2D eigenvalue weighted by Gasteiger charge is 2.21. The van der Waals surface area contributed by atoms with Gasteiger partial charge in [0.25, 0.3) is 0 Å². The Morgan fingerprint density at radius 1 is 1.17 bits per heavy atom. The summed E-state index contributed by atoms with van der Waals surface area (Å²) in [4.78, 5) is 22.0. The maximum Gasteiger partial charge on any atom is 0.239 e. The fourth-order valence-corrected chi connectivity index (χ4v) is 4.34. The van der Waals surface area contributed by atoms with Crippen molar-refractivity contribution in [2.75, 3.05) is 44.9 Å². The second kappa shape index (κ2) is 10.8. The van der Waals surface area contributed by atoms with Gasteiger partial charge < -0.3 is 9.64 Å². The number of fused-ring (bicyclic) bond motifs is 1. The summed E-state index contributed by atoms with van der Waals surface area (Å²) < 4.78 is 19.9. The van der Waals surface area contributed by atoms with E-state index < -0.39 is 0 Å². The molecule has 0 saturated heterocycles. The standard InChI is InChI=1S/C20H22FN3O2S2.ClH/c1-23(2)11-12-24(20-22-19-16(21)5-4-6-17(19)28-20)18(25)13-27-15-9-7-14(26-3)8-10-15;/h4-10H,11-13H2,1-3H3;1H. The molecule has 1 amide bonds. The zero-order valence-electron chi connectivity index (χ0n) is 16.4. The van der Waals surface area contributed by atoms with Crippen molar-refractivity contribution in [3.05, 3.63) is 48.3 Å². The number of hydrogen-bond acceptors (Lipinski definition) is 6. The van der Waals surface area contributed by atoms with Crippen molar-refractivity contribution >= 4 is 56.8 Å². The first-order valence-corrected chi connectivity index (χ1v) is 10.5. The molecule has 29 heavy (non-hydrogen) atoms. The van der Waals surface area contributed by atoms with Crippen molar-refractivity contribution in [2.45, 2.75) is 4.90 Å². The molecule has 5 nitrogen and oxygen atoms in total. The van der Waals surface area contributed by atoms with E-state index in [1.54, 1.807) is 18.1 Å². The predicted octanol–water partition coefficient (Wildman–Crippen LogP) is 4.55. The van der Waals surface area contributed by atoms with Gasteiger partial charge in [0.15, 0.2) is 5.13 Å². The second-order valence-electron chi connectivity index (χ2n) is 6.40. The van der Waals surface area contributed by atoms with Gasteiger partial charge in [-0.3, -0.25) is 9.69 Å². The van der Waals surface area contributed by atoms with Gasteiger partial charge in [-0.25, -0.2) is 9.37 Å². The van der Waals surface area contributed by atoms with E-state index in [0.717, 1.165) is 15.3 Å². The third-order valence-corrected chi connectivity index (χ3v) is 6.12. The van der Waals surface area contributed by atoms with Gasteiger partial charge in [-0.2, -0.15) is 0 Å². The van der Waals surface area contributed by atoms with Gasteiger partial charge in [-0.15, -0.1) is 24.2 Å². The number of nitrogens with zero attached hydrogens (tertiary/aromatic N) is 3. The maximum atomic E-state index is 14.0. The van der Waals surface area contributed by atoms with Crippen LogP contribution in [-0.2, 0) is 4.79 Å². The van der Waals surface area contributed by atoms with Crippen LogP contribution in [0.25, 0.3) is 10.2 Å². The summed E-state index contributed by atoms with van der Waals surface area (Å²) in [7, 11) is 5.52. The molecule has 0 fully saturated rings. The lowest BCUT2D eigenvalue weighted by molar-refractivity contribution is -0.116. The van der Waals surface area contributed by atoms with Crippen LogP contribution in [0.15, 0.2) is 47.4 Å². The van der Waals surface area contributed by atoms with E-state index in [-0.39, 0.29) is 29.9 Å². The number of carbonyl (C=O) groups is 1. The van der Waals surface area contributed by atoms with Crippen molar-refractivity contribution in [3.63, 3.8) is 0 Å². The summed E-state index contributed by atoms with van der Waals surface area (Å²) in [5.41, 5.74) is 0.313. The number of para-hydroxylation sites is 1. The van der Waals surface area contributed by atoms with Gasteiger partial charge in [0, 0.05) is 18.0 Å². The summed E-state index contributed by atoms with van der Waals surface area (Å²) in [5, 5.41) is 0.530. The molecule has 156 valence electrons. The molecule has 3 aromatic rings. The number of carbonyl (C=O) groups excluding carboxylic acids is 1. The van der Waals surface area contributed by atoms with Gasteiger partial charge in [0.05, 0.1) is 17.6 Å². The Bertz CT molecular complexity index is 951. The van der Waals surface area contributed by atoms with Gasteiger partial charge >= 0.3 is 0 Å². The van der Waals surface area contributed by atoms with E-state index in [2.05, 4.69) is 4.98 Å². The first-order chi connectivity index (χ1) is 13.5. The van der Waals surface area contributed by atoms with E-state index in [1.807, 2.05) is 49.3 Å². The number of rotatable bonds is 8. The van der Waals surface area contributed by atoms with Crippen molar-refractivity contribution in [3.8, 4) is 5.75 Å². The van der Waals surface area contributed by atoms with E-state index in [9.17, 15) is 9.18 Å². The molecular formula is C20H23ClFN3O2S2. The largest absolute Gasteiger partial charge is 0.497 e. The van der Waals surface area contributed by atoms with Gasteiger partial charge in [-0.1, -0.05) is 17.4 Å². The number of aromatic nitrogens is 1. The van der Waals surface area contributed by atoms with Crippen LogP contribution in [0, 0.1) is 5.82 Å². The molecule has 0 saturated carbocycles. The SMILES string of the molecule is COc1ccc(SCC(=O)N(CCN(C)C)c2nc3c(F)cccc3s2)cc1.Cl. The Kier molecular flexibility index (Phi) is 8.70. The molecule has 0 aliphatic heterocycles. The van der Waals surface area contributed by atoms with Crippen LogP contribution >= 0.6 is 35.5 Å². The zero-order valence-corrected chi connectivity index (χ0v) is 18.9. The highest BCUT2D eigenvalue weighted by atomic mass is 35.5. The smallest absolute Gasteiger partial charge is 0.239 e. The lowest BCUT2D eigenvalue weighted by atomic mass is 10.3. The van der Waals surface area contributed by atoms with Crippen LogP contribution in [-0.4, -0.2) is 55.8 Å². The molecule has 0 bridgehead atoms. The van der Waals surface area contributed by atoms with Crippen LogP contribution in [0.1, 0.15) is 0 Å². The summed E-state index contributed by atoms with van der Waals surface area (Å²) in [6.45, 7) is 1.19. The average molecular weight is 456 g/mol. The number of likely N-dealkylation sites (N-methyl/N-ethyl adjacent to an activating group) is 1. The minimum atomic E-state index is -0.368. The molecule has 0 aliphatic carbocycles. The second-order valence-corrected chi connectivity index (χ2v) is 8.45. The molecule has 0 spiro atoms. The van der Waals surface area contributed by atoms with Crippen molar-refractivity contribution in [1.82, 2.24) is 9.88 Å². The molecule has 0 radical (unpaired) electrons. The molecule has 0 N–H and O–H groups in total. The zero-order chi connectivity index (χ0) is 20.1. The monoisotopic (exact) mass is 455 g/mol. The number of halogens is 2. The Morgan fingerprint density at radius 2 is 1.90 bits per heavy atom. The third kappa shape index (κ3) is 6.05. The number of benzene rings is 2. The predicted molar refractivity (Wildman–Crippen MR) is 121 cm³/mol. The van der Waals surface area contributed by atoms with Crippen molar-refractivity contribution < 1.29 is 13.9 Å². The Labute approximate surface area is 184 Å². The Hall–Kier alpha value is -1.87. The number of ether oxygens (including phenoxy) is 1. The van der Waals surface area contributed by atoms with Gasteiger partial charge in [0.1, 0.15) is 17.1 Å². The molecule has 0 aliphatic rings. The van der Waals surface area contributed by atoms with Gasteiger partial charge in [0.2, 0.25) is 5.91 Å². The number of methoxy groups -OCH3 is 1. The minimum absolute atomic E-state index is 0. The normalized spacial score (nSPS) is 10.8. The lowest BCUT2D eigenvalue weighted by Crippen LogP contribution is -2.37. The molecule has 3 rings (SSSR count).